The molecule has 5 aromatic rings. The SMILES string of the molecule is C=C1CCC(N2C(=O)c3cccc(NCCOCCOCCCC(=S)N4CCN(CC[C@H](CSc5ccccc5)Nc5ccc(S(=O)(=O)NC(=O)c6ccc(N7CCN(CC8=C(c9ccc(Cl)cc9)CCC(C)(C)C8)CC7)cc6)cc5S(=O)(=O)C(F)(F)F)CC4)c3C2=O)C(=O)N1. The summed E-state index contributed by atoms with van der Waals surface area (Å²) in [6, 6.07) is 29.6. The molecule has 0 spiro atoms. The highest BCUT2D eigenvalue weighted by Gasteiger charge is 2.49. The van der Waals surface area contributed by atoms with Crippen LogP contribution in [0, 0.1) is 5.41 Å². The van der Waals surface area contributed by atoms with Crippen molar-refractivity contribution >= 4 is 107 Å². The lowest BCUT2D eigenvalue weighted by Gasteiger charge is -2.39. The first-order chi connectivity index (χ1) is 45.8. The summed E-state index contributed by atoms with van der Waals surface area (Å²) in [6.45, 7) is 17.1. The molecule has 19 nitrogen and oxygen atoms in total. The van der Waals surface area contributed by atoms with Crippen LogP contribution >= 0.6 is 35.6 Å². The molecule has 3 fully saturated rings. The molecule has 10 rings (SSSR count). The molecular weight excluding hydrogens is 1340 g/mol. The van der Waals surface area contributed by atoms with E-state index in [1.807, 2.05) is 47.2 Å². The Balaban J connectivity index is 0.675. The van der Waals surface area contributed by atoms with E-state index in [1.54, 1.807) is 30.3 Å². The van der Waals surface area contributed by atoms with Gasteiger partial charge in [-0.25, -0.2) is 21.6 Å². The molecule has 0 saturated carbocycles. The number of allylic oxidation sites excluding steroid dienone is 2. The van der Waals surface area contributed by atoms with Crippen LogP contribution in [0.5, 0.6) is 0 Å². The number of nitrogens with one attached hydrogen (secondary N) is 4. The van der Waals surface area contributed by atoms with Crippen LogP contribution in [0.2, 0.25) is 5.02 Å². The van der Waals surface area contributed by atoms with Crippen LogP contribution in [-0.4, -0.2) is 187 Å². The second-order valence-corrected chi connectivity index (χ2v) is 31.0. The molecule has 1 aliphatic carbocycles. The van der Waals surface area contributed by atoms with Gasteiger partial charge in [-0.15, -0.1) is 11.8 Å². The third kappa shape index (κ3) is 18.1. The van der Waals surface area contributed by atoms with Crippen LogP contribution in [-0.2, 0) is 34.1 Å². The zero-order valence-electron chi connectivity index (χ0n) is 53.8. The number of halogens is 4. The number of carbonyl (C=O) groups is 4. The zero-order chi connectivity index (χ0) is 68.4. The first-order valence-electron chi connectivity index (χ1n) is 32.2. The number of thioether (sulfide) groups is 1. The van der Waals surface area contributed by atoms with Crippen LogP contribution < -0.4 is 25.6 Å². The maximum atomic E-state index is 14.5. The van der Waals surface area contributed by atoms with E-state index in [9.17, 15) is 49.2 Å². The summed E-state index contributed by atoms with van der Waals surface area (Å²) < 4.78 is 112. The number of benzene rings is 5. The number of thiocarbonyl (C=S) groups is 1. The first kappa shape index (κ1) is 71.9. The predicted molar refractivity (Wildman–Crippen MR) is 372 cm³/mol. The van der Waals surface area contributed by atoms with Crippen molar-refractivity contribution in [2.45, 2.75) is 97.5 Å². The van der Waals surface area contributed by atoms with Crippen molar-refractivity contribution in [3.8, 4) is 0 Å². The number of carbonyl (C=O) groups excluding carboxylic acids is 4. The Hall–Kier alpha value is -6.88. The molecule has 514 valence electrons. The topological polar surface area (TPSA) is 219 Å². The van der Waals surface area contributed by atoms with Gasteiger partial charge in [-0.1, -0.05) is 86.2 Å². The summed E-state index contributed by atoms with van der Waals surface area (Å²) in [6.07, 6.45) is 5.56. The molecule has 96 heavy (non-hydrogen) atoms. The van der Waals surface area contributed by atoms with Crippen LogP contribution in [0.25, 0.3) is 5.57 Å². The van der Waals surface area contributed by atoms with Gasteiger partial charge in [0.1, 0.15) is 10.9 Å². The van der Waals surface area contributed by atoms with Crippen molar-refractivity contribution in [3.05, 3.63) is 160 Å². The number of rotatable bonds is 28. The summed E-state index contributed by atoms with van der Waals surface area (Å²) in [5.41, 5.74) is 0.274. The lowest BCUT2D eigenvalue weighted by molar-refractivity contribution is -0.125. The van der Waals surface area contributed by atoms with E-state index in [4.69, 9.17) is 33.3 Å². The minimum absolute atomic E-state index is 0.0261. The summed E-state index contributed by atoms with van der Waals surface area (Å²) >= 11 is 13.5. The molecule has 0 aromatic heterocycles. The van der Waals surface area contributed by atoms with Gasteiger partial charge in [0.2, 0.25) is 5.91 Å². The monoisotopic (exact) mass is 1420 g/mol. The fraction of sp³-hybridized carbons (Fsp3) is 0.435. The van der Waals surface area contributed by atoms with E-state index in [2.05, 4.69) is 68.1 Å². The van der Waals surface area contributed by atoms with Gasteiger partial charge in [0.25, 0.3) is 37.6 Å². The number of piperidine rings is 1. The number of piperazine rings is 2. The summed E-state index contributed by atoms with van der Waals surface area (Å²) in [7, 11) is -11.1. The van der Waals surface area contributed by atoms with Crippen molar-refractivity contribution in [1.82, 2.24) is 29.6 Å². The lowest BCUT2D eigenvalue weighted by Crippen LogP contribution is -2.51. The molecule has 0 radical (unpaired) electrons. The maximum Gasteiger partial charge on any atom is 0.501 e. The Morgan fingerprint density at radius 1 is 0.812 bits per heavy atom. The smallest absolute Gasteiger partial charge is 0.382 e. The summed E-state index contributed by atoms with van der Waals surface area (Å²) in [5, 5.41) is 9.57. The average Bonchev–Trinajstić information content (AvgIpc) is 1.55. The number of sulfone groups is 1. The standard InChI is InChI=1S/C69H81ClF3N9O10S4/c1-47-14-25-60(65(84)75-47)82-66(85)57-11-7-12-59(63(57)67(82)86)74-29-40-92-42-41-91-39-8-13-62(93)81-37-31-78(32-38-81)30-27-52(46-94-54-9-5-4-6-10-54)76-58-24-23-55(43-61(58)95(87,88)69(71,72)73)96(89,90)77-64(83)49-17-21-53(22-18-49)80-35-33-79(34-36-80)45-50-44-68(2,3)28-26-56(50)48-15-19-51(70)20-16-48/h4-7,9-12,15-24,43,52,60,74,76H,1,8,13-14,25-42,44-46H2,2-3H3,(H,75,84)(H,77,83)/t52-,60?/m1/s1. The van der Waals surface area contributed by atoms with Gasteiger partial charge >= 0.3 is 5.51 Å². The highest BCUT2D eigenvalue weighted by atomic mass is 35.5. The Labute approximate surface area is 574 Å². The molecule has 4 heterocycles. The second kappa shape index (κ2) is 31.8. The van der Waals surface area contributed by atoms with Gasteiger partial charge in [0, 0.05) is 129 Å². The molecule has 27 heteroatoms. The van der Waals surface area contributed by atoms with Crippen LogP contribution in [0.4, 0.5) is 30.2 Å². The molecule has 3 saturated heterocycles. The largest absolute Gasteiger partial charge is 0.501 e. The molecule has 0 bridgehead atoms. The number of ether oxygens (including phenoxy) is 2. The number of hydrogen-bond donors (Lipinski definition) is 4. The number of imide groups is 1. The Morgan fingerprint density at radius 2 is 1.51 bits per heavy atom. The molecule has 5 aromatic carbocycles. The number of sulfonamides is 1. The maximum absolute atomic E-state index is 14.5. The number of fused-ring (bicyclic) bond motifs is 1. The summed E-state index contributed by atoms with van der Waals surface area (Å²) in [5.74, 6) is -2.20. The van der Waals surface area contributed by atoms with Gasteiger partial charge in [0.05, 0.1) is 46.5 Å². The van der Waals surface area contributed by atoms with E-state index >= 15 is 0 Å². The van der Waals surface area contributed by atoms with Gasteiger partial charge in [-0.3, -0.25) is 33.9 Å². The zero-order valence-corrected chi connectivity index (χ0v) is 57.8. The number of amides is 4. The fourth-order valence-electron chi connectivity index (χ4n) is 12.7. The number of nitrogens with zero attached hydrogens (tertiary/aromatic N) is 5. The normalized spacial score (nSPS) is 18.5. The Kier molecular flexibility index (Phi) is 23.8. The highest BCUT2D eigenvalue weighted by Crippen LogP contribution is 2.43. The first-order valence-corrected chi connectivity index (χ1v) is 37.0. The van der Waals surface area contributed by atoms with E-state index in [0.717, 1.165) is 71.5 Å². The molecule has 4 amide bonds. The number of hydrogen-bond acceptors (Lipinski definition) is 17. The fourth-order valence-corrected chi connectivity index (χ4v) is 16.2. The van der Waals surface area contributed by atoms with Crippen molar-refractivity contribution in [2.75, 3.05) is 120 Å². The molecule has 5 aliphatic rings. The molecule has 4 N–H and O–H groups in total. The van der Waals surface area contributed by atoms with Gasteiger partial charge in [-0.2, -0.15) is 13.2 Å². The van der Waals surface area contributed by atoms with Crippen molar-refractivity contribution in [3.63, 3.8) is 0 Å². The minimum Gasteiger partial charge on any atom is -0.382 e. The van der Waals surface area contributed by atoms with Crippen molar-refractivity contribution < 1.29 is 58.7 Å². The van der Waals surface area contributed by atoms with Crippen molar-refractivity contribution in [2.24, 2.45) is 5.41 Å². The predicted octanol–water partition coefficient (Wildman–Crippen LogP) is 10.8. The number of anilines is 3. The van der Waals surface area contributed by atoms with Gasteiger partial charge in [0.15, 0.2) is 0 Å². The highest BCUT2D eigenvalue weighted by molar-refractivity contribution is 7.99. The van der Waals surface area contributed by atoms with Crippen LogP contribution in [0.15, 0.2) is 148 Å². The van der Waals surface area contributed by atoms with Crippen LogP contribution in [0.3, 0.4) is 0 Å². The van der Waals surface area contributed by atoms with Gasteiger partial charge < -0.3 is 35.2 Å². The van der Waals surface area contributed by atoms with Gasteiger partial charge in [-0.05, 0) is 140 Å². The minimum atomic E-state index is -6.14. The van der Waals surface area contributed by atoms with Crippen molar-refractivity contribution in [1.29, 1.82) is 0 Å². The molecule has 1 unspecified atom stereocenters. The van der Waals surface area contributed by atoms with E-state index < -0.39 is 76.6 Å². The van der Waals surface area contributed by atoms with E-state index in [1.165, 1.54) is 40.6 Å². The molecular formula is C69H81ClF3N9O10S4. The Bertz CT molecular complexity index is 3930. The quantitative estimate of drug-likeness (QED) is 0.0158. The Morgan fingerprint density at radius 3 is 2.21 bits per heavy atom. The average molecular weight is 1420 g/mol. The van der Waals surface area contributed by atoms with Crippen LogP contribution in [0.1, 0.15) is 102 Å². The third-order valence-electron chi connectivity index (χ3n) is 18.0. The third-order valence-corrected chi connectivity index (χ3v) is 22.7. The number of alkyl halides is 3. The lowest BCUT2D eigenvalue weighted by atomic mass is 9.73. The molecule has 2 atom stereocenters. The second-order valence-electron chi connectivity index (χ2n) is 25.4. The van der Waals surface area contributed by atoms with E-state index in [-0.39, 0.29) is 22.1 Å². The summed E-state index contributed by atoms with van der Waals surface area (Å²) in [4.78, 5) is 62.4. The van der Waals surface area contributed by atoms with E-state index in [0.29, 0.717) is 139 Å². The molecule has 4 aliphatic heterocycles.